The van der Waals surface area contributed by atoms with Gasteiger partial charge in [-0.15, -0.1) is 5.10 Å². The van der Waals surface area contributed by atoms with Gasteiger partial charge in [0, 0.05) is 12.4 Å². The molecule has 0 N–H and O–H groups in total. The first-order valence-corrected chi connectivity index (χ1v) is 2.49. The lowest BCUT2D eigenvalue weighted by Gasteiger charge is -1.83. The number of rotatable bonds is 0. The third kappa shape index (κ3) is 0.561. The SMILES string of the molecule is [c]1ncc2nccn2n1. The number of fused-ring (bicyclic) bond motifs is 1. The normalized spacial score (nSPS) is 10.2. The summed E-state index contributed by atoms with van der Waals surface area (Å²) in [6.07, 6.45) is 7.46. The molecule has 0 spiro atoms. The average molecular weight is 119 g/mol. The maximum Gasteiger partial charge on any atom is 0.219 e. The van der Waals surface area contributed by atoms with E-state index in [0.29, 0.717) is 0 Å². The molecule has 0 saturated carbocycles. The summed E-state index contributed by atoms with van der Waals surface area (Å²) in [4.78, 5) is 7.60. The number of imidazole rings is 1. The minimum absolute atomic E-state index is 0.744. The summed E-state index contributed by atoms with van der Waals surface area (Å²) in [5.74, 6) is 0. The van der Waals surface area contributed by atoms with Crippen molar-refractivity contribution in [3.63, 3.8) is 0 Å². The van der Waals surface area contributed by atoms with Crippen LogP contribution in [0.3, 0.4) is 0 Å². The largest absolute Gasteiger partial charge is 0.234 e. The number of hydrogen-bond acceptors (Lipinski definition) is 3. The summed E-state index contributed by atoms with van der Waals surface area (Å²) < 4.78 is 1.60. The molecular formula is C5H3N4. The average Bonchev–Trinajstić information content (AvgIpc) is 2.33. The molecule has 0 atom stereocenters. The zero-order chi connectivity index (χ0) is 6.10. The molecule has 1 radical (unpaired) electrons. The Hall–Kier alpha value is -1.45. The Morgan fingerprint density at radius 3 is 3.44 bits per heavy atom. The Balaban J connectivity index is 2.95. The van der Waals surface area contributed by atoms with Gasteiger partial charge in [0.15, 0.2) is 5.65 Å². The Morgan fingerprint density at radius 2 is 2.56 bits per heavy atom. The lowest BCUT2D eigenvalue weighted by molar-refractivity contribution is 0.888. The van der Waals surface area contributed by atoms with E-state index in [1.807, 2.05) is 0 Å². The fourth-order valence-electron chi connectivity index (χ4n) is 0.646. The van der Waals surface area contributed by atoms with Crippen molar-refractivity contribution in [1.29, 1.82) is 0 Å². The monoisotopic (exact) mass is 119 g/mol. The van der Waals surface area contributed by atoms with Crippen LogP contribution >= 0.6 is 0 Å². The molecule has 0 bridgehead atoms. The third-order valence-electron chi connectivity index (χ3n) is 1.04. The van der Waals surface area contributed by atoms with Gasteiger partial charge in [0.2, 0.25) is 6.33 Å². The zero-order valence-corrected chi connectivity index (χ0v) is 4.52. The zero-order valence-electron chi connectivity index (χ0n) is 4.52. The Bertz CT molecular complexity index is 283. The highest BCUT2D eigenvalue weighted by Gasteiger charge is 1.88. The number of hydrogen-bond donors (Lipinski definition) is 0. The van der Waals surface area contributed by atoms with Gasteiger partial charge >= 0.3 is 0 Å². The van der Waals surface area contributed by atoms with E-state index >= 15 is 0 Å². The summed E-state index contributed by atoms with van der Waals surface area (Å²) >= 11 is 0. The second-order valence-corrected chi connectivity index (χ2v) is 1.59. The molecule has 0 unspecified atom stereocenters. The van der Waals surface area contributed by atoms with Crippen molar-refractivity contribution in [1.82, 2.24) is 19.6 Å². The van der Waals surface area contributed by atoms with E-state index in [9.17, 15) is 0 Å². The molecule has 43 valence electrons. The smallest absolute Gasteiger partial charge is 0.219 e. The maximum atomic E-state index is 3.94. The third-order valence-corrected chi connectivity index (χ3v) is 1.04. The number of aromatic nitrogens is 4. The first-order chi connectivity index (χ1) is 4.47. The van der Waals surface area contributed by atoms with E-state index < -0.39 is 0 Å². The van der Waals surface area contributed by atoms with E-state index in [1.54, 1.807) is 23.1 Å². The molecule has 0 aliphatic carbocycles. The van der Waals surface area contributed by atoms with Gasteiger partial charge in [-0.3, -0.25) is 0 Å². The summed E-state index contributed by atoms with van der Waals surface area (Å²) in [5.41, 5.74) is 0.744. The Kier molecular flexibility index (Phi) is 0.745. The van der Waals surface area contributed by atoms with Crippen molar-refractivity contribution >= 4 is 5.65 Å². The molecule has 2 aromatic heterocycles. The molecule has 2 rings (SSSR count). The maximum absolute atomic E-state index is 3.94. The van der Waals surface area contributed by atoms with Crippen LogP contribution in [-0.4, -0.2) is 19.6 Å². The molecule has 0 aliphatic rings. The van der Waals surface area contributed by atoms with Gasteiger partial charge in [-0.1, -0.05) is 0 Å². The highest BCUT2D eigenvalue weighted by molar-refractivity contribution is 5.31. The highest BCUT2D eigenvalue weighted by atomic mass is 15.3. The number of nitrogens with zero attached hydrogens (tertiary/aromatic N) is 4. The summed E-state index contributed by atoms with van der Waals surface area (Å²) in [7, 11) is 0. The van der Waals surface area contributed by atoms with Crippen molar-refractivity contribution in [2.75, 3.05) is 0 Å². The van der Waals surface area contributed by atoms with Crippen molar-refractivity contribution in [3.8, 4) is 0 Å². The molecule has 9 heavy (non-hydrogen) atoms. The van der Waals surface area contributed by atoms with Crippen molar-refractivity contribution < 1.29 is 0 Å². The van der Waals surface area contributed by atoms with Gasteiger partial charge in [0.05, 0.1) is 6.20 Å². The lowest BCUT2D eigenvalue weighted by atomic mass is 10.8. The predicted molar refractivity (Wildman–Crippen MR) is 29.6 cm³/mol. The predicted octanol–water partition coefficient (Wildman–Crippen LogP) is -0.0755. The molecule has 0 saturated heterocycles. The molecule has 0 fully saturated rings. The molecule has 4 heteroatoms. The van der Waals surface area contributed by atoms with Crippen molar-refractivity contribution in [2.45, 2.75) is 0 Å². The van der Waals surface area contributed by atoms with Gasteiger partial charge in [0.25, 0.3) is 0 Å². The second kappa shape index (κ2) is 1.51. The van der Waals surface area contributed by atoms with Gasteiger partial charge < -0.3 is 0 Å². The van der Waals surface area contributed by atoms with Gasteiger partial charge in [0.1, 0.15) is 0 Å². The van der Waals surface area contributed by atoms with Crippen LogP contribution in [0.15, 0.2) is 18.6 Å². The summed E-state index contributed by atoms with van der Waals surface area (Å²) in [6, 6.07) is 0. The van der Waals surface area contributed by atoms with E-state index in [4.69, 9.17) is 0 Å². The molecular weight excluding hydrogens is 116 g/mol. The van der Waals surface area contributed by atoms with Crippen LogP contribution in [-0.2, 0) is 0 Å². The van der Waals surface area contributed by atoms with Crippen LogP contribution in [0, 0.1) is 6.33 Å². The second-order valence-electron chi connectivity index (χ2n) is 1.59. The van der Waals surface area contributed by atoms with Gasteiger partial charge in [-0.25, -0.2) is 14.5 Å². The minimum atomic E-state index is 0.744. The molecule has 0 aliphatic heterocycles. The molecule has 2 heterocycles. The van der Waals surface area contributed by atoms with E-state index in [1.165, 1.54) is 0 Å². The molecule has 0 amide bonds. The fraction of sp³-hybridized carbons (Fsp3) is 0. The van der Waals surface area contributed by atoms with Crippen LogP contribution in [0.25, 0.3) is 5.65 Å². The molecule has 0 aromatic carbocycles. The van der Waals surface area contributed by atoms with Crippen molar-refractivity contribution in [3.05, 3.63) is 24.9 Å². The van der Waals surface area contributed by atoms with Gasteiger partial charge in [-0.2, -0.15) is 0 Å². The van der Waals surface area contributed by atoms with Crippen LogP contribution in [0.4, 0.5) is 0 Å². The van der Waals surface area contributed by atoms with Crippen LogP contribution < -0.4 is 0 Å². The summed E-state index contributed by atoms with van der Waals surface area (Å²) in [6.45, 7) is 0. The molecule has 2 aromatic rings. The molecule has 4 nitrogen and oxygen atoms in total. The summed E-state index contributed by atoms with van der Waals surface area (Å²) in [5, 5.41) is 3.76. The lowest BCUT2D eigenvalue weighted by Crippen LogP contribution is -1.89. The van der Waals surface area contributed by atoms with Crippen molar-refractivity contribution in [2.24, 2.45) is 0 Å². The topological polar surface area (TPSA) is 43.1 Å². The van der Waals surface area contributed by atoms with E-state index in [-0.39, 0.29) is 0 Å². The quantitative estimate of drug-likeness (QED) is 0.487. The first kappa shape index (κ1) is 4.43. The highest BCUT2D eigenvalue weighted by Crippen LogP contribution is 1.90. The Labute approximate surface area is 51.2 Å². The first-order valence-electron chi connectivity index (χ1n) is 2.49. The minimum Gasteiger partial charge on any atom is -0.234 e. The van der Waals surface area contributed by atoms with Crippen LogP contribution in [0.2, 0.25) is 0 Å². The van der Waals surface area contributed by atoms with E-state index in [2.05, 4.69) is 21.4 Å². The van der Waals surface area contributed by atoms with Gasteiger partial charge in [-0.05, 0) is 0 Å². The van der Waals surface area contributed by atoms with Crippen LogP contribution in [0.1, 0.15) is 0 Å². The van der Waals surface area contributed by atoms with E-state index in [0.717, 1.165) is 5.65 Å². The fourth-order valence-corrected chi connectivity index (χ4v) is 0.646. The Morgan fingerprint density at radius 1 is 1.56 bits per heavy atom. The van der Waals surface area contributed by atoms with Crippen LogP contribution in [0.5, 0.6) is 0 Å². The standard InChI is InChI=1S/C5H3N4/c1-2-9-5(7-1)3-6-4-8-9/h1-3H.